The summed E-state index contributed by atoms with van der Waals surface area (Å²) in [7, 11) is 1.30. The van der Waals surface area contributed by atoms with Gasteiger partial charge in [0.25, 0.3) is 0 Å². The molecule has 13 heavy (non-hydrogen) atoms. The van der Waals surface area contributed by atoms with Gasteiger partial charge in [0.2, 0.25) is 0 Å². The molecule has 0 radical (unpaired) electrons. The quantitative estimate of drug-likeness (QED) is 0.698. The Kier molecular flexibility index (Phi) is 2.75. The molecule has 0 saturated carbocycles. The fraction of sp³-hybridized carbons (Fsp3) is 0.250. The predicted octanol–water partition coefficient (Wildman–Crippen LogP) is 3.00. The van der Waals surface area contributed by atoms with E-state index in [0.717, 1.165) is 12.1 Å². The number of halogens is 3. The molecule has 0 aliphatic carbocycles. The lowest BCUT2D eigenvalue weighted by atomic mass is 10.2. The standard InChI is InChI=1S/C8H7F3OS/c1-12-6-4-5(8(9,10)11)2-3-7(6)13/h2-4,13H,1H3. The second kappa shape index (κ2) is 3.49. The summed E-state index contributed by atoms with van der Waals surface area (Å²) < 4.78 is 41.2. The molecule has 0 atom stereocenters. The van der Waals surface area contributed by atoms with Crippen LogP contribution in [-0.2, 0) is 6.18 Å². The molecule has 0 spiro atoms. The van der Waals surface area contributed by atoms with E-state index in [4.69, 9.17) is 4.74 Å². The van der Waals surface area contributed by atoms with Crippen molar-refractivity contribution >= 4 is 12.6 Å². The van der Waals surface area contributed by atoms with Crippen molar-refractivity contribution in [2.75, 3.05) is 7.11 Å². The first-order valence-electron chi connectivity index (χ1n) is 3.39. The first-order valence-corrected chi connectivity index (χ1v) is 3.84. The molecule has 0 amide bonds. The highest BCUT2D eigenvalue weighted by Crippen LogP contribution is 2.33. The minimum absolute atomic E-state index is 0.123. The lowest BCUT2D eigenvalue weighted by molar-refractivity contribution is -0.137. The molecule has 72 valence electrons. The molecule has 0 fully saturated rings. The molecule has 1 aromatic rings. The Bertz CT molecular complexity index is 309. The van der Waals surface area contributed by atoms with Crippen LogP contribution in [0, 0.1) is 0 Å². The number of alkyl halides is 3. The third-order valence-electron chi connectivity index (χ3n) is 1.51. The molecule has 1 nitrogen and oxygen atoms in total. The van der Waals surface area contributed by atoms with E-state index in [1.807, 2.05) is 0 Å². The second-order valence-corrected chi connectivity index (χ2v) is 2.87. The van der Waals surface area contributed by atoms with Crippen LogP contribution in [0.4, 0.5) is 13.2 Å². The van der Waals surface area contributed by atoms with E-state index < -0.39 is 11.7 Å². The molecule has 0 unspecified atom stereocenters. The second-order valence-electron chi connectivity index (χ2n) is 2.38. The highest BCUT2D eigenvalue weighted by Gasteiger charge is 2.30. The molecule has 1 rings (SSSR count). The van der Waals surface area contributed by atoms with Gasteiger partial charge in [-0.25, -0.2) is 0 Å². The molecule has 5 heteroatoms. The third kappa shape index (κ3) is 2.30. The van der Waals surface area contributed by atoms with Crippen LogP contribution >= 0.6 is 12.6 Å². The fourth-order valence-corrected chi connectivity index (χ4v) is 1.08. The Balaban J connectivity index is 3.14. The van der Waals surface area contributed by atoms with Crippen molar-refractivity contribution in [3.63, 3.8) is 0 Å². The van der Waals surface area contributed by atoms with Gasteiger partial charge >= 0.3 is 6.18 Å². The molecule has 0 aliphatic heterocycles. The van der Waals surface area contributed by atoms with E-state index in [1.54, 1.807) is 0 Å². The van der Waals surface area contributed by atoms with Crippen LogP contribution in [0.2, 0.25) is 0 Å². The highest BCUT2D eigenvalue weighted by molar-refractivity contribution is 7.80. The zero-order valence-electron chi connectivity index (χ0n) is 6.72. The van der Waals surface area contributed by atoms with Gasteiger partial charge in [0.05, 0.1) is 12.7 Å². The van der Waals surface area contributed by atoms with Crippen LogP contribution in [-0.4, -0.2) is 7.11 Å². The van der Waals surface area contributed by atoms with Crippen molar-refractivity contribution in [1.82, 2.24) is 0 Å². The topological polar surface area (TPSA) is 9.23 Å². The summed E-state index contributed by atoms with van der Waals surface area (Å²) in [4.78, 5) is 0.385. The predicted molar refractivity (Wildman–Crippen MR) is 45.2 cm³/mol. The number of rotatable bonds is 1. The van der Waals surface area contributed by atoms with Gasteiger partial charge in [-0.05, 0) is 18.2 Å². The van der Waals surface area contributed by atoms with E-state index >= 15 is 0 Å². The maximum atomic E-state index is 12.2. The number of ether oxygens (including phenoxy) is 1. The van der Waals surface area contributed by atoms with Crippen LogP contribution in [0.15, 0.2) is 23.1 Å². The summed E-state index contributed by atoms with van der Waals surface area (Å²) in [5.41, 5.74) is -0.734. The molecular formula is C8H7F3OS. The van der Waals surface area contributed by atoms with Gasteiger partial charge in [-0.15, -0.1) is 12.6 Å². The van der Waals surface area contributed by atoms with Crippen LogP contribution in [0.3, 0.4) is 0 Å². The van der Waals surface area contributed by atoms with Crippen molar-refractivity contribution in [3.8, 4) is 5.75 Å². The summed E-state index contributed by atoms with van der Waals surface area (Å²) in [5.74, 6) is 0.123. The maximum Gasteiger partial charge on any atom is 0.416 e. The van der Waals surface area contributed by atoms with Gasteiger partial charge in [0, 0.05) is 4.90 Å². The Hall–Kier alpha value is -0.840. The summed E-state index contributed by atoms with van der Waals surface area (Å²) in [5, 5.41) is 0. The third-order valence-corrected chi connectivity index (χ3v) is 1.88. The highest BCUT2D eigenvalue weighted by atomic mass is 32.1. The molecule has 1 aromatic carbocycles. The van der Waals surface area contributed by atoms with Crippen molar-refractivity contribution in [2.24, 2.45) is 0 Å². The molecule has 0 saturated heterocycles. The zero-order valence-corrected chi connectivity index (χ0v) is 7.62. The van der Waals surface area contributed by atoms with Crippen LogP contribution < -0.4 is 4.74 Å². The number of hydrogen-bond donors (Lipinski definition) is 1. The van der Waals surface area contributed by atoms with Crippen molar-refractivity contribution in [2.45, 2.75) is 11.1 Å². The SMILES string of the molecule is COc1cc(C(F)(F)F)ccc1S. The van der Waals surface area contributed by atoms with Gasteiger partial charge in [-0.2, -0.15) is 13.2 Å². The smallest absolute Gasteiger partial charge is 0.416 e. The number of methoxy groups -OCH3 is 1. The van der Waals surface area contributed by atoms with Crippen LogP contribution in [0.25, 0.3) is 0 Å². The maximum absolute atomic E-state index is 12.2. The molecule has 0 bridgehead atoms. The minimum atomic E-state index is -4.34. The number of thiol groups is 1. The zero-order chi connectivity index (χ0) is 10.1. The monoisotopic (exact) mass is 208 g/mol. The van der Waals surface area contributed by atoms with Crippen LogP contribution in [0.5, 0.6) is 5.75 Å². The van der Waals surface area contributed by atoms with E-state index in [-0.39, 0.29) is 5.75 Å². The Morgan fingerprint density at radius 3 is 2.38 bits per heavy atom. The molecular weight excluding hydrogens is 201 g/mol. The van der Waals surface area contributed by atoms with Gasteiger partial charge in [0.1, 0.15) is 5.75 Å². The molecule has 0 heterocycles. The fourth-order valence-electron chi connectivity index (χ4n) is 0.854. The Morgan fingerprint density at radius 2 is 1.92 bits per heavy atom. The van der Waals surface area contributed by atoms with Crippen molar-refractivity contribution in [3.05, 3.63) is 23.8 Å². The van der Waals surface area contributed by atoms with Gasteiger partial charge in [-0.1, -0.05) is 0 Å². The average Bonchev–Trinajstić information content (AvgIpc) is 2.03. The molecule has 0 aromatic heterocycles. The van der Waals surface area contributed by atoms with E-state index in [9.17, 15) is 13.2 Å². The van der Waals surface area contributed by atoms with Gasteiger partial charge in [0.15, 0.2) is 0 Å². The number of hydrogen-bond acceptors (Lipinski definition) is 2. The normalized spacial score (nSPS) is 11.5. The summed E-state index contributed by atoms with van der Waals surface area (Å²) >= 11 is 3.93. The first kappa shape index (κ1) is 10.2. The van der Waals surface area contributed by atoms with E-state index in [0.29, 0.717) is 4.90 Å². The van der Waals surface area contributed by atoms with Gasteiger partial charge in [-0.3, -0.25) is 0 Å². The van der Waals surface area contributed by atoms with Gasteiger partial charge < -0.3 is 4.74 Å². The minimum Gasteiger partial charge on any atom is -0.496 e. The summed E-state index contributed by atoms with van der Waals surface area (Å²) in [6, 6.07) is 3.14. The largest absolute Gasteiger partial charge is 0.496 e. The first-order chi connectivity index (χ1) is 5.95. The van der Waals surface area contributed by atoms with Crippen LogP contribution in [0.1, 0.15) is 5.56 Å². The summed E-state index contributed by atoms with van der Waals surface area (Å²) in [6.45, 7) is 0. The average molecular weight is 208 g/mol. The number of benzene rings is 1. The van der Waals surface area contributed by atoms with E-state index in [2.05, 4.69) is 12.6 Å². The van der Waals surface area contributed by atoms with E-state index in [1.165, 1.54) is 13.2 Å². The lowest BCUT2D eigenvalue weighted by Gasteiger charge is -2.09. The Labute approximate surface area is 78.9 Å². The molecule has 0 aliphatic rings. The summed E-state index contributed by atoms with van der Waals surface area (Å²) in [6.07, 6.45) is -4.34. The van der Waals surface area contributed by atoms with Crippen molar-refractivity contribution in [1.29, 1.82) is 0 Å². The van der Waals surface area contributed by atoms with Crippen molar-refractivity contribution < 1.29 is 17.9 Å². The Morgan fingerprint density at radius 1 is 1.31 bits per heavy atom. The molecule has 0 N–H and O–H groups in total. The lowest BCUT2D eigenvalue weighted by Crippen LogP contribution is -2.04.